The van der Waals surface area contributed by atoms with Gasteiger partial charge in [0, 0.05) is 0 Å². The Hall–Kier alpha value is -0.880. The Morgan fingerprint density at radius 2 is 2.06 bits per heavy atom. The molecule has 18 heavy (non-hydrogen) atoms. The van der Waals surface area contributed by atoms with Crippen LogP contribution < -0.4 is 40.1 Å². The Labute approximate surface area is 129 Å². The van der Waals surface area contributed by atoms with Gasteiger partial charge in [0.1, 0.15) is 0 Å². The molecule has 1 aromatic carbocycles. The summed E-state index contributed by atoms with van der Waals surface area (Å²) in [4.78, 5) is 10.3. The predicted molar refractivity (Wildman–Crippen MR) is 62.2 cm³/mol. The van der Waals surface area contributed by atoms with Crippen molar-refractivity contribution in [3.63, 3.8) is 0 Å². The number of rotatable bonds is 7. The number of ether oxygens (including phenoxy) is 1. The van der Waals surface area contributed by atoms with Crippen molar-refractivity contribution < 1.29 is 44.2 Å². The third-order valence-electron chi connectivity index (χ3n) is 2.01. The van der Waals surface area contributed by atoms with E-state index in [0.717, 1.165) is 5.56 Å². The standard InChI is InChI=1S/C12H16N2O3.Na/c1-10(12(15)16)14-13-7-8-17-9-11-5-3-2-4-6-11;/h2-6,13H,7-9H2,1H3,(H,15,16);/q;+1/p-1/b14-10-;. The topological polar surface area (TPSA) is 73.8 Å². The number of carboxylic acids is 1. The molecule has 1 aromatic rings. The molecule has 92 valence electrons. The molecular formula is C12H15N2NaO3. The van der Waals surface area contributed by atoms with Crippen molar-refractivity contribution in [1.29, 1.82) is 0 Å². The molecule has 0 amide bonds. The maximum Gasteiger partial charge on any atom is 1.00 e. The predicted octanol–water partition coefficient (Wildman–Crippen LogP) is -3.08. The van der Waals surface area contributed by atoms with Crippen LogP contribution in [-0.4, -0.2) is 24.8 Å². The molecule has 0 saturated heterocycles. The molecular weight excluding hydrogens is 243 g/mol. The first-order chi connectivity index (χ1) is 8.20. The van der Waals surface area contributed by atoms with Crippen LogP contribution >= 0.6 is 0 Å². The Balaban J connectivity index is 0.00000289. The van der Waals surface area contributed by atoms with E-state index in [0.29, 0.717) is 19.8 Å². The third-order valence-corrected chi connectivity index (χ3v) is 2.01. The van der Waals surface area contributed by atoms with E-state index in [1.54, 1.807) is 0 Å². The summed E-state index contributed by atoms with van der Waals surface area (Å²) < 4.78 is 5.37. The monoisotopic (exact) mass is 258 g/mol. The maximum atomic E-state index is 10.3. The first-order valence-electron chi connectivity index (χ1n) is 5.30. The van der Waals surface area contributed by atoms with Gasteiger partial charge in [0.2, 0.25) is 0 Å². The molecule has 0 aliphatic heterocycles. The molecule has 0 radical (unpaired) electrons. The second-order valence-corrected chi connectivity index (χ2v) is 3.43. The van der Waals surface area contributed by atoms with Crippen molar-refractivity contribution >= 4 is 11.7 Å². The summed E-state index contributed by atoms with van der Waals surface area (Å²) in [6, 6.07) is 9.80. The first-order valence-corrected chi connectivity index (χ1v) is 5.30. The molecule has 0 spiro atoms. The SMILES string of the molecule is C/C(=N/NCCOCc1ccccc1)C(=O)[O-].[Na+]. The number of hydrogen-bond acceptors (Lipinski definition) is 5. The summed E-state index contributed by atoms with van der Waals surface area (Å²) in [6.07, 6.45) is 0. The molecule has 1 N–H and O–H groups in total. The molecule has 0 aliphatic carbocycles. The molecule has 0 saturated carbocycles. The summed E-state index contributed by atoms with van der Waals surface area (Å²) in [5, 5.41) is 13.9. The van der Waals surface area contributed by atoms with E-state index in [9.17, 15) is 9.90 Å². The molecule has 6 heteroatoms. The van der Waals surface area contributed by atoms with Crippen molar-refractivity contribution in [3.8, 4) is 0 Å². The number of aliphatic carboxylic acids is 1. The second-order valence-electron chi connectivity index (χ2n) is 3.43. The van der Waals surface area contributed by atoms with Crippen molar-refractivity contribution in [2.45, 2.75) is 13.5 Å². The molecule has 0 atom stereocenters. The fraction of sp³-hybridized carbons (Fsp3) is 0.333. The summed E-state index contributed by atoms with van der Waals surface area (Å²) in [6.45, 7) is 2.81. The van der Waals surface area contributed by atoms with Crippen LogP contribution in [0.4, 0.5) is 0 Å². The molecule has 1 rings (SSSR count). The van der Waals surface area contributed by atoms with Crippen molar-refractivity contribution in [2.24, 2.45) is 5.10 Å². The van der Waals surface area contributed by atoms with Gasteiger partial charge in [0.25, 0.3) is 0 Å². The van der Waals surface area contributed by atoms with E-state index in [4.69, 9.17) is 4.74 Å². The Kier molecular flexibility index (Phi) is 9.59. The van der Waals surface area contributed by atoms with Gasteiger partial charge in [-0.15, -0.1) is 0 Å². The molecule has 0 unspecified atom stereocenters. The first kappa shape index (κ1) is 17.1. The number of benzene rings is 1. The molecule has 0 fully saturated rings. The molecule has 0 aromatic heterocycles. The normalized spacial score (nSPS) is 10.6. The van der Waals surface area contributed by atoms with Crippen LogP contribution in [0.25, 0.3) is 0 Å². The van der Waals surface area contributed by atoms with Crippen LogP contribution in [0.2, 0.25) is 0 Å². The van der Waals surface area contributed by atoms with Gasteiger partial charge in [-0.3, -0.25) is 0 Å². The number of carbonyl (C=O) groups excluding carboxylic acids is 1. The zero-order chi connectivity index (χ0) is 12.5. The van der Waals surface area contributed by atoms with Crippen molar-refractivity contribution in [1.82, 2.24) is 5.43 Å². The van der Waals surface area contributed by atoms with Crippen molar-refractivity contribution in [2.75, 3.05) is 13.2 Å². The van der Waals surface area contributed by atoms with E-state index < -0.39 is 5.97 Å². The quantitative estimate of drug-likeness (QED) is 0.244. The van der Waals surface area contributed by atoms with Gasteiger partial charge in [-0.1, -0.05) is 30.3 Å². The third kappa shape index (κ3) is 7.45. The smallest absolute Gasteiger partial charge is 0.543 e. The van der Waals surface area contributed by atoms with E-state index in [2.05, 4.69) is 10.5 Å². The number of carbonyl (C=O) groups is 1. The zero-order valence-corrected chi connectivity index (χ0v) is 12.7. The van der Waals surface area contributed by atoms with Gasteiger partial charge in [-0.2, -0.15) is 5.10 Å². The van der Waals surface area contributed by atoms with Gasteiger partial charge in [0.05, 0.1) is 31.4 Å². The number of nitrogens with zero attached hydrogens (tertiary/aromatic N) is 1. The number of hydrazone groups is 1. The molecule has 0 heterocycles. The van der Waals surface area contributed by atoms with E-state index in [1.165, 1.54) is 6.92 Å². The fourth-order valence-corrected chi connectivity index (χ4v) is 1.10. The average Bonchev–Trinajstić information content (AvgIpc) is 2.34. The molecule has 5 nitrogen and oxygen atoms in total. The largest absolute Gasteiger partial charge is 1.00 e. The summed E-state index contributed by atoms with van der Waals surface area (Å²) in [7, 11) is 0. The van der Waals surface area contributed by atoms with Crippen LogP contribution in [-0.2, 0) is 16.1 Å². The van der Waals surface area contributed by atoms with Crippen LogP contribution in [0.3, 0.4) is 0 Å². The Morgan fingerprint density at radius 1 is 1.39 bits per heavy atom. The summed E-state index contributed by atoms with van der Waals surface area (Å²) >= 11 is 0. The maximum absolute atomic E-state index is 10.3. The minimum absolute atomic E-state index is 0. The van der Waals surface area contributed by atoms with Crippen LogP contribution in [0, 0.1) is 0 Å². The average molecular weight is 258 g/mol. The number of carboxylic acid groups (broad SMARTS) is 1. The van der Waals surface area contributed by atoms with E-state index in [1.807, 2.05) is 30.3 Å². The minimum Gasteiger partial charge on any atom is -0.543 e. The summed E-state index contributed by atoms with van der Waals surface area (Å²) in [5.74, 6) is -1.28. The second kappa shape index (κ2) is 10.1. The van der Waals surface area contributed by atoms with Gasteiger partial charge < -0.3 is 20.1 Å². The van der Waals surface area contributed by atoms with E-state index in [-0.39, 0.29) is 35.3 Å². The Bertz CT molecular complexity index is 382. The van der Waals surface area contributed by atoms with Gasteiger partial charge in [0.15, 0.2) is 0 Å². The minimum atomic E-state index is -1.28. The fourth-order valence-electron chi connectivity index (χ4n) is 1.10. The Morgan fingerprint density at radius 3 is 2.67 bits per heavy atom. The van der Waals surface area contributed by atoms with Crippen LogP contribution in [0.5, 0.6) is 0 Å². The molecule has 0 aliphatic rings. The van der Waals surface area contributed by atoms with Gasteiger partial charge in [-0.25, -0.2) is 0 Å². The zero-order valence-electron chi connectivity index (χ0n) is 10.7. The van der Waals surface area contributed by atoms with Gasteiger partial charge >= 0.3 is 29.6 Å². The van der Waals surface area contributed by atoms with E-state index >= 15 is 0 Å². The van der Waals surface area contributed by atoms with Crippen molar-refractivity contribution in [3.05, 3.63) is 35.9 Å². The van der Waals surface area contributed by atoms with Crippen LogP contribution in [0.1, 0.15) is 12.5 Å². The number of hydrogen-bond donors (Lipinski definition) is 1. The summed E-state index contributed by atoms with van der Waals surface area (Å²) in [5.41, 5.74) is 3.62. The molecule has 0 bridgehead atoms. The number of nitrogens with one attached hydrogen (secondary N) is 1. The van der Waals surface area contributed by atoms with Crippen LogP contribution in [0.15, 0.2) is 35.4 Å². The van der Waals surface area contributed by atoms with Gasteiger partial charge in [-0.05, 0) is 12.5 Å².